The van der Waals surface area contributed by atoms with Crippen LogP contribution in [0, 0.1) is 0 Å². The lowest BCUT2D eigenvalue weighted by atomic mass is 10.2. The number of phenols is 2. The molecule has 3 aromatic carbocycles. The van der Waals surface area contributed by atoms with Crippen LogP contribution in [0.1, 0.15) is 10.4 Å². The van der Waals surface area contributed by atoms with Gasteiger partial charge < -0.3 is 20.1 Å². The molecule has 0 aliphatic carbocycles. The predicted molar refractivity (Wildman–Crippen MR) is 89.7 cm³/mol. The number of aromatic carboxylic acids is 1. The van der Waals surface area contributed by atoms with Gasteiger partial charge in [-0.2, -0.15) is 0 Å². The quantitative estimate of drug-likeness (QED) is 0.669. The number of aromatic hydroxyl groups is 2. The highest BCUT2D eigenvalue weighted by Gasteiger charge is 2.05. The van der Waals surface area contributed by atoms with E-state index in [0.29, 0.717) is 17.1 Å². The number of carboxylic acid groups (broad SMARTS) is 1. The van der Waals surface area contributed by atoms with Gasteiger partial charge in [0.15, 0.2) is 23.0 Å². The molecule has 0 heterocycles. The van der Waals surface area contributed by atoms with Gasteiger partial charge >= 0.3 is 5.97 Å². The zero-order chi connectivity index (χ0) is 17.4. The average molecular weight is 324 g/mol. The fraction of sp³-hybridized carbons (Fsp3) is 0. The molecule has 0 saturated heterocycles. The third-order valence-electron chi connectivity index (χ3n) is 2.97. The first-order valence-electron chi connectivity index (χ1n) is 7.10. The van der Waals surface area contributed by atoms with Crippen LogP contribution in [0.4, 0.5) is 0 Å². The van der Waals surface area contributed by atoms with Gasteiger partial charge in [0, 0.05) is 0 Å². The fourth-order valence-electron chi connectivity index (χ4n) is 1.79. The second-order valence-electron chi connectivity index (χ2n) is 4.71. The molecule has 0 unspecified atom stereocenters. The minimum Gasteiger partial charge on any atom is -0.504 e. The van der Waals surface area contributed by atoms with Gasteiger partial charge in [0.2, 0.25) is 0 Å². The van der Waals surface area contributed by atoms with Gasteiger partial charge in [0.05, 0.1) is 5.56 Å². The summed E-state index contributed by atoms with van der Waals surface area (Å²) in [5, 5.41) is 27.3. The number of hydrogen-bond acceptors (Lipinski definition) is 4. The van der Waals surface area contributed by atoms with Crippen molar-refractivity contribution in [1.82, 2.24) is 0 Å². The maximum atomic E-state index is 10.2. The molecule has 0 atom stereocenters. The van der Waals surface area contributed by atoms with Crippen LogP contribution in [0.25, 0.3) is 0 Å². The molecule has 0 amide bonds. The number of carbonyl (C=O) groups is 1. The highest BCUT2D eigenvalue weighted by atomic mass is 16.5. The van der Waals surface area contributed by atoms with Crippen molar-refractivity contribution in [1.29, 1.82) is 0 Å². The molecule has 0 aliphatic heterocycles. The molecule has 0 saturated carbocycles. The summed E-state index contributed by atoms with van der Waals surface area (Å²) in [7, 11) is 0. The summed E-state index contributed by atoms with van der Waals surface area (Å²) in [4.78, 5) is 10.2. The first-order chi connectivity index (χ1) is 11.6. The Balaban J connectivity index is 0.000000198. The molecule has 122 valence electrons. The minimum absolute atomic E-state index is 0.0424. The van der Waals surface area contributed by atoms with Crippen molar-refractivity contribution in [3.8, 4) is 23.0 Å². The van der Waals surface area contributed by atoms with Crippen LogP contribution in [0.15, 0.2) is 78.9 Å². The third-order valence-corrected chi connectivity index (χ3v) is 2.97. The van der Waals surface area contributed by atoms with Crippen LogP contribution in [0.2, 0.25) is 0 Å². The van der Waals surface area contributed by atoms with Gasteiger partial charge in [-0.1, -0.05) is 42.5 Å². The molecule has 0 bridgehead atoms. The molecule has 3 rings (SSSR count). The van der Waals surface area contributed by atoms with Crippen LogP contribution < -0.4 is 4.74 Å². The molecule has 5 heteroatoms. The largest absolute Gasteiger partial charge is 0.504 e. The van der Waals surface area contributed by atoms with Crippen molar-refractivity contribution in [3.05, 3.63) is 84.4 Å². The van der Waals surface area contributed by atoms with Gasteiger partial charge in [0.1, 0.15) is 0 Å². The topological polar surface area (TPSA) is 87.0 Å². The summed E-state index contributed by atoms with van der Waals surface area (Å²) in [6, 6.07) is 21.5. The van der Waals surface area contributed by atoms with E-state index < -0.39 is 5.97 Å². The van der Waals surface area contributed by atoms with E-state index in [0.717, 1.165) is 0 Å². The van der Waals surface area contributed by atoms with Crippen LogP contribution in [0.5, 0.6) is 23.0 Å². The van der Waals surface area contributed by atoms with E-state index in [4.69, 9.17) is 9.84 Å². The molecular formula is C19H16O5. The number of ether oxygens (including phenoxy) is 1. The number of hydrogen-bond donors (Lipinski definition) is 3. The number of carboxylic acids is 1. The Kier molecular flexibility index (Phi) is 5.80. The van der Waals surface area contributed by atoms with Crippen LogP contribution in [0.3, 0.4) is 0 Å². The summed E-state index contributed by atoms with van der Waals surface area (Å²) in [6.45, 7) is 0. The maximum absolute atomic E-state index is 10.2. The zero-order valence-corrected chi connectivity index (χ0v) is 12.7. The lowest BCUT2D eigenvalue weighted by molar-refractivity contribution is 0.0697. The standard InChI is InChI=1S/C12H10O3.C7H6O2/c13-9-5-1-3-7-11(9)15-12-8-4-2-6-10(12)14;8-7(9)6-4-2-1-3-5-6/h1-8,13-14H;1-5H,(H,8,9). The second-order valence-corrected chi connectivity index (χ2v) is 4.71. The normalized spacial score (nSPS) is 9.50. The van der Waals surface area contributed by atoms with Crippen molar-refractivity contribution >= 4 is 5.97 Å². The van der Waals surface area contributed by atoms with Crippen molar-refractivity contribution in [3.63, 3.8) is 0 Å². The molecule has 0 aliphatic rings. The van der Waals surface area contributed by atoms with E-state index in [1.807, 2.05) is 0 Å². The summed E-state index contributed by atoms with van der Waals surface area (Å²) in [6.07, 6.45) is 0. The van der Waals surface area contributed by atoms with Gasteiger partial charge in [-0.25, -0.2) is 4.79 Å². The Hall–Kier alpha value is -3.47. The van der Waals surface area contributed by atoms with Gasteiger partial charge in [-0.3, -0.25) is 0 Å². The molecule has 0 spiro atoms. The SMILES string of the molecule is O=C(O)c1ccccc1.Oc1ccccc1Oc1ccccc1O. The molecule has 3 aromatic rings. The molecule has 24 heavy (non-hydrogen) atoms. The van der Waals surface area contributed by atoms with E-state index >= 15 is 0 Å². The molecular weight excluding hydrogens is 308 g/mol. The molecule has 0 aromatic heterocycles. The summed E-state index contributed by atoms with van der Waals surface area (Å²) in [5.74, 6) is -0.157. The Labute approximate surface area is 139 Å². The van der Waals surface area contributed by atoms with Gasteiger partial charge in [-0.05, 0) is 36.4 Å². The monoisotopic (exact) mass is 324 g/mol. The highest BCUT2D eigenvalue weighted by molar-refractivity contribution is 5.87. The van der Waals surface area contributed by atoms with Gasteiger partial charge in [-0.15, -0.1) is 0 Å². The van der Waals surface area contributed by atoms with E-state index in [-0.39, 0.29) is 11.5 Å². The second kappa shape index (κ2) is 8.24. The lowest BCUT2D eigenvalue weighted by Crippen LogP contribution is -1.93. The Morgan fingerprint density at radius 2 is 1.08 bits per heavy atom. The number of rotatable bonds is 3. The molecule has 0 radical (unpaired) electrons. The number of benzene rings is 3. The van der Waals surface area contributed by atoms with Crippen LogP contribution >= 0.6 is 0 Å². The Bertz CT molecular complexity index is 756. The number of phenolic OH excluding ortho intramolecular Hbond substituents is 2. The smallest absolute Gasteiger partial charge is 0.335 e. The van der Waals surface area contributed by atoms with Crippen molar-refractivity contribution in [2.75, 3.05) is 0 Å². The van der Waals surface area contributed by atoms with E-state index in [1.54, 1.807) is 66.7 Å². The summed E-state index contributed by atoms with van der Waals surface area (Å²) < 4.78 is 5.34. The number of para-hydroxylation sites is 4. The Morgan fingerprint density at radius 1 is 0.667 bits per heavy atom. The third kappa shape index (κ3) is 4.78. The maximum Gasteiger partial charge on any atom is 0.335 e. The van der Waals surface area contributed by atoms with Crippen LogP contribution in [-0.2, 0) is 0 Å². The summed E-state index contributed by atoms with van der Waals surface area (Å²) >= 11 is 0. The molecule has 3 N–H and O–H groups in total. The van der Waals surface area contributed by atoms with Crippen molar-refractivity contribution in [2.24, 2.45) is 0 Å². The average Bonchev–Trinajstić information content (AvgIpc) is 2.60. The first kappa shape index (κ1) is 16.9. The Morgan fingerprint density at radius 3 is 1.46 bits per heavy atom. The minimum atomic E-state index is -0.879. The van der Waals surface area contributed by atoms with Crippen LogP contribution in [-0.4, -0.2) is 21.3 Å². The fourth-order valence-corrected chi connectivity index (χ4v) is 1.79. The zero-order valence-electron chi connectivity index (χ0n) is 12.7. The molecule has 0 fully saturated rings. The van der Waals surface area contributed by atoms with E-state index in [2.05, 4.69) is 0 Å². The van der Waals surface area contributed by atoms with Crippen molar-refractivity contribution in [2.45, 2.75) is 0 Å². The predicted octanol–water partition coefficient (Wildman–Crippen LogP) is 4.27. The van der Waals surface area contributed by atoms with E-state index in [1.165, 1.54) is 12.1 Å². The first-order valence-corrected chi connectivity index (χ1v) is 7.10. The molecule has 5 nitrogen and oxygen atoms in total. The summed E-state index contributed by atoms with van der Waals surface area (Å²) in [5.41, 5.74) is 0.331. The van der Waals surface area contributed by atoms with Gasteiger partial charge in [0.25, 0.3) is 0 Å². The van der Waals surface area contributed by atoms with Crippen molar-refractivity contribution < 1.29 is 24.9 Å². The lowest BCUT2D eigenvalue weighted by Gasteiger charge is -2.08. The highest BCUT2D eigenvalue weighted by Crippen LogP contribution is 2.34. The van der Waals surface area contributed by atoms with E-state index in [9.17, 15) is 15.0 Å².